The van der Waals surface area contributed by atoms with Gasteiger partial charge < -0.3 is 14.5 Å². The summed E-state index contributed by atoms with van der Waals surface area (Å²) in [6, 6.07) is 7.95. The van der Waals surface area contributed by atoms with Crippen LogP contribution in [-0.2, 0) is 25.5 Å². The summed E-state index contributed by atoms with van der Waals surface area (Å²) in [4.78, 5) is 52.3. The van der Waals surface area contributed by atoms with Crippen molar-refractivity contribution in [1.82, 2.24) is 19.6 Å². The summed E-state index contributed by atoms with van der Waals surface area (Å²) in [6.07, 6.45) is 6.44. The molecule has 0 spiro atoms. The first-order chi connectivity index (χ1) is 18.5. The highest BCUT2D eigenvalue weighted by Gasteiger charge is 2.42. The second kappa shape index (κ2) is 8.45. The summed E-state index contributed by atoms with van der Waals surface area (Å²) >= 11 is 0. The Balaban J connectivity index is 1.36. The molecular weight excluding hydrogens is 491 g/mol. The number of morpholine rings is 1. The zero-order valence-corrected chi connectivity index (χ0v) is 20.1. The first kappa shape index (κ1) is 22.5. The van der Waals surface area contributed by atoms with Crippen LogP contribution in [0.1, 0.15) is 16.8 Å². The number of hydrogen-bond donors (Lipinski definition) is 1. The third kappa shape index (κ3) is 3.32. The van der Waals surface area contributed by atoms with Crippen molar-refractivity contribution in [3.63, 3.8) is 0 Å². The number of aliphatic imine (C=N–C) groups is 1. The van der Waals surface area contributed by atoms with Crippen molar-refractivity contribution in [2.75, 3.05) is 31.2 Å². The molecule has 1 aromatic carbocycles. The number of benzene rings is 1. The van der Waals surface area contributed by atoms with Crippen LogP contribution in [0.4, 0.5) is 10.1 Å². The van der Waals surface area contributed by atoms with Crippen molar-refractivity contribution >= 4 is 40.3 Å². The fourth-order valence-electron chi connectivity index (χ4n) is 5.61. The van der Waals surface area contributed by atoms with E-state index in [9.17, 15) is 18.8 Å². The van der Waals surface area contributed by atoms with Crippen molar-refractivity contribution in [2.24, 2.45) is 4.99 Å². The molecule has 3 amide bonds. The van der Waals surface area contributed by atoms with Crippen LogP contribution >= 0.6 is 0 Å². The van der Waals surface area contributed by atoms with Gasteiger partial charge in [-0.05, 0) is 17.7 Å². The lowest BCUT2D eigenvalue weighted by Crippen LogP contribution is -2.49. The van der Waals surface area contributed by atoms with Gasteiger partial charge in [0.05, 0.1) is 47.6 Å². The van der Waals surface area contributed by atoms with Gasteiger partial charge in [-0.25, -0.2) is 9.37 Å². The quantitative estimate of drug-likeness (QED) is 0.533. The van der Waals surface area contributed by atoms with E-state index in [2.05, 4.69) is 15.3 Å². The highest BCUT2D eigenvalue weighted by Crippen LogP contribution is 2.40. The molecule has 4 aliphatic rings. The van der Waals surface area contributed by atoms with Gasteiger partial charge in [-0.1, -0.05) is 18.2 Å². The van der Waals surface area contributed by atoms with Gasteiger partial charge in [0, 0.05) is 43.7 Å². The number of para-hydroxylation sites is 1. The molecule has 1 saturated heterocycles. The molecule has 190 valence electrons. The minimum absolute atomic E-state index is 0.00463. The van der Waals surface area contributed by atoms with E-state index < -0.39 is 23.7 Å². The number of carbonyl (C=O) groups is 3. The number of carbonyl (C=O) groups excluding carboxylic acids is 3. The molecule has 11 heteroatoms. The number of halogens is 1. The average molecular weight is 513 g/mol. The SMILES string of the molecule is O=C1NC(=O)C(c2cnc3ccc(F)cn23)=C1C1=NC=CN2c3c(cccc31)CC2C(=O)N1CCOCC1. The molecule has 1 N–H and O–H groups in total. The molecule has 6 heterocycles. The molecule has 10 nitrogen and oxygen atoms in total. The third-order valence-electron chi connectivity index (χ3n) is 7.31. The Morgan fingerprint density at radius 2 is 1.89 bits per heavy atom. The first-order valence-electron chi connectivity index (χ1n) is 12.3. The van der Waals surface area contributed by atoms with Gasteiger partial charge >= 0.3 is 0 Å². The van der Waals surface area contributed by atoms with Crippen LogP contribution < -0.4 is 10.2 Å². The summed E-state index contributed by atoms with van der Waals surface area (Å²) in [7, 11) is 0. The van der Waals surface area contributed by atoms with Crippen molar-refractivity contribution in [2.45, 2.75) is 12.5 Å². The Labute approximate surface area is 215 Å². The lowest BCUT2D eigenvalue weighted by molar-refractivity contribution is -0.136. The Morgan fingerprint density at radius 1 is 1.08 bits per heavy atom. The van der Waals surface area contributed by atoms with Gasteiger partial charge in [-0.15, -0.1) is 0 Å². The number of nitrogens with zero attached hydrogens (tertiary/aromatic N) is 5. The standard InChI is InChI=1S/C27H21FN6O4/c28-16-4-5-20-30-13-19(34(20)14-16)21-22(26(36)31-25(21)35)23-17-3-1-2-15-12-18(33(24(15)17)7-6-29-23)27(37)32-8-10-38-11-9-32/h1-7,13-14,18H,8-12H2,(H,31,35,36). The Hall–Kier alpha value is -4.64. The highest BCUT2D eigenvalue weighted by atomic mass is 19.1. The molecule has 0 radical (unpaired) electrons. The van der Waals surface area contributed by atoms with Crippen LogP contribution in [0.2, 0.25) is 0 Å². The van der Waals surface area contributed by atoms with Crippen LogP contribution in [0.3, 0.4) is 0 Å². The smallest absolute Gasteiger partial charge is 0.261 e. The van der Waals surface area contributed by atoms with Crippen LogP contribution in [0.25, 0.3) is 11.2 Å². The maximum absolute atomic E-state index is 14.1. The Morgan fingerprint density at radius 3 is 2.74 bits per heavy atom. The first-order valence-corrected chi connectivity index (χ1v) is 12.3. The van der Waals surface area contributed by atoms with Crippen LogP contribution in [0.5, 0.6) is 0 Å². The van der Waals surface area contributed by atoms with Gasteiger partial charge in [0.25, 0.3) is 11.8 Å². The third-order valence-corrected chi connectivity index (χ3v) is 7.31. The topological polar surface area (TPSA) is 109 Å². The molecule has 0 bridgehead atoms. The average Bonchev–Trinajstić information content (AvgIpc) is 3.54. The fraction of sp³-hybridized carbons (Fsp3) is 0.222. The lowest BCUT2D eigenvalue weighted by Gasteiger charge is -2.32. The number of aromatic nitrogens is 2. The number of pyridine rings is 1. The largest absolute Gasteiger partial charge is 0.378 e. The van der Waals surface area contributed by atoms with E-state index >= 15 is 0 Å². The second-order valence-electron chi connectivity index (χ2n) is 9.41. The lowest BCUT2D eigenvalue weighted by atomic mass is 9.94. The van der Waals surface area contributed by atoms with E-state index in [0.29, 0.717) is 49.6 Å². The predicted octanol–water partition coefficient (Wildman–Crippen LogP) is 1.45. The molecule has 0 saturated carbocycles. The monoisotopic (exact) mass is 512 g/mol. The maximum atomic E-state index is 14.1. The molecule has 1 atom stereocenters. The summed E-state index contributed by atoms with van der Waals surface area (Å²) in [5.41, 5.74) is 3.48. The molecule has 3 aromatic rings. The van der Waals surface area contributed by atoms with E-state index in [4.69, 9.17) is 4.74 Å². The molecule has 1 unspecified atom stereocenters. The maximum Gasteiger partial charge on any atom is 0.261 e. The van der Waals surface area contributed by atoms with E-state index in [1.54, 1.807) is 12.4 Å². The molecule has 2 aromatic heterocycles. The number of nitrogens with one attached hydrogen (secondary N) is 1. The fourth-order valence-corrected chi connectivity index (χ4v) is 5.61. The summed E-state index contributed by atoms with van der Waals surface area (Å²) in [5.74, 6) is -1.72. The van der Waals surface area contributed by atoms with Crippen LogP contribution in [-0.4, -0.2) is 70.1 Å². The zero-order chi connectivity index (χ0) is 26.0. The van der Waals surface area contributed by atoms with Gasteiger partial charge in [-0.2, -0.15) is 0 Å². The van der Waals surface area contributed by atoms with Crippen molar-refractivity contribution in [3.05, 3.63) is 83.3 Å². The number of amides is 3. The van der Waals surface area contributed by atoms with E-state index in [1.165, 1.54) is 28.9 Å². The number of fused-ring (bicyclic) bond motifs is 1. The highest BCUT2D eigenvalue weighted by molar-refractivity contribution is 6.47. The van der Waals surface area contributed by atoms with Crippen molar-refractivity contribution in [3.8, 4) is 0 Å². The number of ether oxygens (including phenoxy) is 1. The van der Waals surface area contributed by atoms with E-state index in [1.807, 2.05) is 28.0 Å². The van der Waals surface area contributed by atoms with E-state index in [0.717, 1.165) is 11.3 Å². The number of anilines is 1. The number of imidazole rings is 1. The predicted molar refractivity (Wildman–Crippen MR) is 135 cm³/mol. The Kier molecular flexibility index (Phi) is 5.02. The van der Waals surface area contributed by atoms with Gasteiger partial charge in [0.15, 0.2) is 0 Å². The molecule has 4 aliphatic heterocycles. The molecular formula is C27H21FN6O4. The summed E-state index contributed by atoms with van der Waals surface area (Å²) in [5, 5.41) is 2.37. The normalized spacial score (nSPS) is 20.7. The number of rotatable bonds is 3. The van der Waals surface area contributed by atoms with Crippen molar-refractivity contribution < 1.29 is 23.5 Å². The van der Waals surface area contributed by atoms with Crippen LogP contribution in [0, 0.1) is 5.82 Å². The summed E-state index contributed by atoms with van der Waals surface area (Å²) < 4.78 is 20.9. The van der Waals surface area contributed by atoms with Gasteiger partial charge in [0.1, 0.15) is 17.5 Å². The minimum Gasteiger partial charge on any atom is -0.378 e. The second-order valence-corrected chi connectivity index (χ2v) is 9.41. The molecule has 7 rings (SSSR count). The van der Waals surface area contributed by atoms with Gasteiger partial charge in [-0.3, -0.25) is 29.1 Å². The molecule has 0 aliphatic carbocycles. The molecule has 1 fully saturated rings. The molecule has 38 heavy (non-hydrogen) atoms. The van der Waals surface area contributed by atoms with Crippen LogP contribution in [0.15, 0.2) is 65.7 Å². The minimum atomic E-state index is -0.614. The number of hydrogen-bond acceptors (Lipinski definition) is 7. The van der Waals surface area contributed by atoms with Gasteiger partial charge in [0.2, 0.25) is 5.91 Å². The van der Waals surface area contributed by atoms with E-state index in [-0.39, 0.29) is 22.7 Å². The van der Waals surface area contributed by atoms with Crippen molar-refractivity contribution in [1.29, 1.82) is 0 Å². The summed E-state index contributed by atoms with van der Waals surface area (Å²) in [6.45, 7) is 2.09. The Bertz CT molecular complexity index is 1650. The zero-order valence-electron chi connectivity index (χ0n) is 20.1. The number of imide groups is 1.